The fraction of sp³-hybridized carbons (Fsp3) is 0.750. The molecule has 1 aromatic rings. The average Bonchev–Trinajstić information content (AvgIpc) is 2.33. The Morgan fingerprint density at radius 1 is 1.54 bits per heavy atom. The number of hydrogen-bond donors (Lipinski definition) is 1. The molecule has 0 aliphatic heterocycles. The molecule has 0 spiro atoms. The number of rotatable bonds is 4. The maximum absolute atomic E-state index is 9.06. The summed E-state index contributed by atoms with van der Waals surface area (Å²) >= 11 is 0. The van der Waals surface area contributed by atoms with Gasteiger partial charge in [0.25, 0.3) is 0 Å². The molecule has 5 nitrogen and oxygen atoms in total. The summed E-state index contributed by atoms with van der Waals surface area (Å²) in [5, 5.41) is 12.8. The normalized spacial score (nSPS) is 13.6. The maximum atomic E-state index is 9.06. The maximum Gasteiger partial charge on any atom is 0.229 e. The number of hydrogen-bond acceptors (Lipinski definition) is 5. The van der Waals surface area contributed by atoms with E-state index >= 15 is 0 Å². The van der Waals surface area contributed by atoms with Crippen LogP contribution in [0, 0.1) is 0 Å². The van der Waals surface area contributed by atoms with Gasteiger partial charge in [-0.2, -0.15) is 4.98 Å². The van der Waals surface area contributed by atoms with Gasteiger partial charge >= 0.3 is 0 Å². The first-order valence-corrected chi connectivity index (χ1v) is 4.22. The zero-order valence-corrected chi connectivity index (χ0v) is 8.19. The van der Waals surface area contributed by atoms with E-state index < -0.39 is 6.10 Å². The van der Waals surface area contributed by atoms with Crippen LogP contribution in [0.1, 0.15) is 18.6 Å². The van der Waals surface area contributed by atoms with Crippen molar-refractivity contribution in [1.82, 2.24) is 15.0 Å². The Labute approximate surface area is 77.4 Å². The van der Waals surface area contributed by atoms with Gasteiger partial charge < -0.3 is 14.5 Å². The lowest BCUT2D eigenvalue weighted by Crippen LogP contribution is -2.12. The van der Waals surface area contributed by atoms with Crippen molar-refractivity contribution in [3.63, 3.8) is 0 Å². The van der Waals surface area contributed by atoms with E-state index in [0.717, 1.165) is 0 Å². The first-order chi connectivity index (χ1) is 6.08. The third-order valence-corrected chi connectivity index (χ3v) is 1.44. The number of aliphatic hydroxyl groups is 1. The standard InChI is InChI=1S/C8H15N3O2/c1-6(12)4-8-9-7(10-13-8)5-11(2)3/h6,12H,4-5H2,1-3H3. The molecule has 1 aromatic heterocycles. The topological polar surface area (TPSA) is 62.4 Å². The Morgan fingerprint density at radius 2 is 2.23 bits per heavy atom. The van der Waals surface area contributed by atoms with Gasteiger partial charge in [0.05, 0.1) is 19.1 Å². The van der Waals surface area contributed by atoms with Gasteiger partial charge in [0.15, 0.2) is 5.82 Å². The van der Waals surface area contributed by atoms with E-state index in [9.17, 15) is 0 Å². The van der Waals surface area contributed by atoms with Crippen LogP contribution < -0.4 is 0 Å². The summed E-state index contributed by atoms with van der Waals surface area (Å²) in [6.07, 6.45) is -0.0203. The van der Waals surface area contributed by atoms with Gasteiger partial charge in [-0.25, -0.2) is 0 Å². The summed E-state index contributed by atoms with van der Waals surface area (Å²) in [5.74, 6) is 1.15. The van der Waals surface area contributed by atoms with Gasteiger partial charge in [-0.3, -0.25) is 0 Å². The molecule has 0 aliphatic carbocycles. The fourth-order valence-corrected chi connectivity index (χ4v) is 0.973. The molecule has 0 saturated carbocycles. The first kappa shape index (κ1) is 10.1. The molecule has 1 N–H and O–H groups in total. The van der Waals surface area contributed by atoms with Crippen LogP contribution in [0.3, 0.4) is 0 Å². The molecule has 1 rings (SSSR count). The van der Waals surface area contributed by atoms with Crippen LogP contribution in [-0.4, -0.2) is 40.3 Å². The van der Waals surface area contributed by atoms with Gasteiger partial charge in [0.2, 0.25) is 5.89 Å². The van der Waals surface area contributed by atoms with E-state index in [4.69, 9.17) is 9.63 Å². The minimum absolute atomic E-state index is 0.417. The predicted molar refractivity (Wildman–Crippen MR) is 47.1 cm³/mol. The van der Waals surface area contributed by atoms with E-state index in [-0.39, 0.29) is 0 Å². The minimum atomic E-state index is -0.437. The van der Waals surface area contributed by atoms with Gasteiger partial charge in [-0.15, -0.1) is 0 Å². The van der Waals surface area contributed by atoms with Crippen molar-refractivity contribution in [2.75, 3.05) is 14.1 Å². The van der Waals surface area contributed by atoms with Crippen LogP contribution in [-0.2, 0) is 13.0 Å². The summed E-state index contributed by atoms with van der Waals surface area (Å²) in [6, 6.07) is 0. The molecule has 1 unspecified atom stereocenters. The van der Waals surface area contributed by atoms with Gasteiger partial charge in [0, 0.05) is 0 Å². The molecule has 0 saturated heterocycles. The van der Waals surface area contributed by atoms with E-state index in [1.165, 1.54) is 0 Å². The molecular formula is C8H15N3O2. The quantitative estimate of drug-likeness (QED) is 0.718. The Morgan fingerprint density at radius 3 is 2.77 bits per heavy atom. The highest BCUT2D eigenvalue weighted by atomic mass is 16.5. The second-order valence-electron chi connectivity index (χ2n) is 3.40. The molecule has 1 atom stereocenters. The van der Waals surface area contributed by atoms with Crippen LogP contribution in [0.25, 0.3) is 0 Å². The van der Waals surface area contributed by atoms with Crippen LogP contribution >= 0.6 is 0 Å². The fourth-order valence-electron chi connectivity index (χ4n) is 0.973. The number of nitrogens with zero attached hydrogens (tertiary/aromatic N) is 3. The Balaban J connectivity index is 2.53. The average molecular weight is 185 g/mol. The summed E-state index contributed by atoms with van der Waals surface area (Å²) in [5.41, 5.74) is 0. The summed E-state index contributed by atoms with van der Waals surface area (Å²) in [4.78, 5) is 6.07. The molecule has 0 aliphatic rings. The van der Waals surface area contributed by atoms with Crippen molar-refractivity contribution in [3.8, 4) is 0 Å². The lowest BCUT2D eigenvalue weighted by molar-refractivity contribution is 0.181. The lowest BCUT2D eigenvalue weighted by atomic mass is 10.3. The Hall–Kier alpha value is -0.940. The van der Waals surface area contributed by atoms with Crippen molar-refractivity contribution in [2.45, 2.75) is 26.0 Å². The zero-order valence-electron chi connectivity index (χ0n) is 8.19. The predicted octanol–water partition coefficient (Wildman–Crippen LogP) is 0.0545. The monoisotopic (exact) mass is 185 g/mol. The molecule has 0 amide bonds. The number of aliphatic hydroxyl groups excluding tert-OH is 1. The van der Waals surface area contributed by atoms with Gasteiger partial charge in [0.1, 0.15) is 0 Å². The highest BCUT2D eigenvalue weighted by Crippen LogP contribution is 2.02. The zero-order chi connectivity index (χ0) is 9.84. The van der Waals surface area contributed by atoms with Crippen molar-refractivity contribution in [2.24, 2.45) is 0 Å². The first-order valence-electron chi connectivity index (χ1n) is 4.22. The third-order valence-electron chi connectivity index (χ3n) is 1.44. The summed E-state index contributed by atoms with van der Waals surface area (Å²) < 4.78 is 4.93. The molecule has 0 fully saturated rings. The van der Waals surface area contributed by atoms with Gasteiger partial charge in [-0.05, 0) is 21.0 Å². The number of aromatic nitrogens is 2. The molecule has 0 radical (unpaired) electrons. The second-order valence-corrected chi connectivity index (χ2v) is 3.40. The lowest BCUT2D eigenvalue weighted by Gasteiger charge is -2.03. The van der Waals surface area contributed by atoms with E-state index in [1.807, 2.05) is 19.0 Å². The van der Waals surface area contributed by atoms with E-state index in [1.54, 1.807) is 6.92 Å². The molecular weight excluding hydrogens is 170 g/mol. The van der Waals surface area contributed by atoms with Crippen LogP contribution in [0.15, 0.2) is 4.52 Å². The Kier molecular flexibility index (Phi) is 3.39. The van der Waals surface area contributed by atoms with Crippen LogP contribution in [0.4, 0.5) is 0 Å². The van der Waals surface area contributed by atoms with Crippen molar-refractivity contribution in [1.29, 1.82) is 0 Å². The minimum Gasteiger partial charge on any atom is -0.393 e. The molecule has 0 aromatic carbocycles. The smallest absolute Gasteiger partial charge is 0.229 e. The third kappa shape index (κ3) is 3.52. The molecule has 0 bridgehead atoms. The largest absolute Gasteiger partial charge is 0.393 e. The molecule has 1 heterocycles. The van der Waals surface area contributed by atoms with E-state index in [0.29, 0.717) is 24.7 Å². The second kappa shape index (κ2) is 4.34. The van der Waals surface area contributed by atoms with Crippen molar-refractivity contribution in [3.05, 3.63) is 11.7 Å². The highest BCUT2D eigenvalue weighted by Gasteiger charge is 2.08. The summed E-state index contributed by atoms with van der Waals surface area (Å²) in [7, 11) is 3.87. The molecule has 74 valence electrons. The summed E-state index contributed by atoms with van der Waals surface area (Å²) in [6.45, 7) is 2.35. The molecule has 13 heavy (non-hydrogen) atoms. The SMILES string of the molecule is CC(O)Cc1nc(CN(C)C)no1. The molecule has 5 heteroatoms. The van der Waals surface area contributed by atoms with Gasteiger partial charge in [-0.1, -0.05) is 5.16 Å². The highest BCUT2D eigenvalue weighted by molar-refractivity contribution is 4.87. The van der Waals surface area contributed by atoms with Crippen LogP contribution in [0.2, 0.25) is 0 Å². The Bertz CT molecular complexity index is 233. The van der Waals surface area contributed by atoms with Crippen molar-refractivity contribution >= 4 is 0 Å². The van der Waals surface area contributed by atoms with E-state index in [2.05, 4.69) is 10.1 Å². The van der Waals surface area contributed by atoms with Crippen molar-refractivity contribution < 1.29 is 9.63 Å². The van der Waals surface area contributed by atoms with Crippen LogP contribution in [0.5, 0.6) is 0 Å².